The lowest BCUT2D eigenvalue weighted by Gasteiger charge is -2.24. The Morgan fingerprint density at radius 1 is 1.40 bits per heavy atom. The van der Waals surface area contributed by atoms with Crippen molar-refractivity contribution >= 4 is 17.5 Å². The van der Waals surface area contributed by atoms with E-state index in [1.807, 2.05) is 0 Å². The van der Waals surface area contributed by atoms with Gasteiger partial charge in [0, 0.05) is 25.2 Å². The Kier molecular flexibility index (Phi) is 4.68. The molecule has 5 nitrogen and oxygen atoms in total. The molecule has 1 unspecified atom stereocenters. The van der Waals surface area contributed by atoms with Crippen LogP contribution >= 0.6 is 0 Å². The maximum absolute atomic E-state index is 13.7. The van der Waals surface area contributed by atoms with Crippen LogP contribution in [0.5, 0.6) is 0 Å². The molecule has 0 spiro atoms. The van der Waals surface area contributed by atoms with Crippen LogP contribution in [-0.2, 0) is 4.79 Å². The van der Waals surface area contributed by atoms with E-state index in [1.54, 1.807) is 0 Å². The second-order valence-electron chi connectivity index (χ2n) is 4.89. The average molecular weight is 279 g/mol. The van der Waals surface area contributed by atoms with Gasteiger partial charge in [-0.2, -0.15) is 0 Å². The molecule has 0 aromatic heterocycles. The van der Waals surface area contributed by atoms with Crippen LogP contribution in [0.25, 0.3) is 0 Å². The fourth-order valence-electron chi connectivity index (χ4n) is 2.22. The van der Waals surface area contributed by atoms with E-state index in [0.29, 0.717) is 12.2 Å². The highest BCUT2D eigenvalue weighted by molar-refractivity contribution is 5.97. The third-order valence-electron chi connectivity index (χ3n) is 3.16. The smallest absolute Gasteiger partial charge is 0.254 e. The number of benzene rings is 1. The molecule has 1 atom stereocenters. The van der Waals surface area contributed by atoms with E-state index in [-0.39, 0.29) is 17.5 Å². The molecule has 108 valence electrons. The summed E-state index contributed by atoms with van der Waals surface area (Å²) in [6.07, 6.45) is 1.87. The summed E-state index contributed by atoms with van der Waals surface area (Å²) in [6, 6.07) is 3.97. The van der Waals surface area contributed by atoms with Crippen molar-refractivity contribution < 1.29 is 14.0 Å². The molecule has 1 aliphatic rings. The minimum Gasteiger partial charge on any atom is -0.348 e. The molecular weight excluding hydrogens is 261 g/mol. The van der Waals surface area contributed by atoms with E-state index < -0.39 is 11.7 Å². The summed E-state index contributed by atoms with van der Waals surface area (Å²) in [5, 5.41) is 8.51. The Hall–Kier alpha value is -1.95. The van der Waals surface area contributed by atoms with Crippen molar-refractivity contribution in [1.29, 1.82) is 0 Å². The van der Waals surface area contributed by atoms with E-state index in [0.717, 1.165) is 19.4 Å². The van der Waals surface area contributed by atoms with Crippen molar-refractivity contribution in [3.8, 4) is 0 Å². The zero-order valence-electron chi connectivity index (χ0n) is 11.3. The van der Waals surface area contributed by atoms with Crippen molar-refractivity contribution in [2.45, 2.75) is 25.8 Å². The molecule has 1 saturated heterocycles. The van der Waals surface area contributed by atoms with Gasteiger partial charge in [0.15, 0.2) is 0 Å². The van der Waals surface area contributed by atoms with Crippen LogP contribution in [0.1, 0.15) is 30.1 Å². The molecule has 1 aromatic carbocycles. The number of piperidine rings is 1. The van der Waals surface area contributed by atoms with Gasteiger partial charge in [-0.05, 0) is 37.6 Å². The maximum atomic E-state index is 13.7. The molecule has 2 rings (SSSR count). The highest BCUT2D eigenvalue weighted by Gasteiger charge is 2.19. The summed E-state index contributed by atoms with van der Waals surface area (Å²) >= 11 is 0. The van der Waals surface area contributed by atoms with Crippen LogP contribution in [0, 0.1) is 5.82 Å². The number of anilines is 1. The lowest BCUT2D eigenvalue weighted by molar-refractivity contribution is -0.114. The zero-order chi connectivity index (χ0) is 14.5. The first-order valence-corrected chi connectivity index (χ1v) is 6.65. The molecule has 1 aliphatic heterocycles. The van der Waals surface area contributed by atoms with Crippen molar-refractivity contribution in [3.05, 3.63) is 29.6 Å². The first-order valence-electron chi connectivity index (χ1n) is 6.65. The number of hydrogen-bond donors (Lipinski definition) is 3. The van der Waals surface area contributed by atoms with Crippen LogP contribution in [0.4, 0.5) is 10.1 Å². The predicted octanol–water partition coefficient (Wildman–Crippen LogP) is 1.27. The molecule has 0 aliphatic carbocycles. The van der Waals surface area contributed by atoms with Crippen molar-refractivity contribution in [3.63, 3.8) is 0 Å². The Morgan fingerprint density at radius 3 is 2.85 bits per heavy atom. The van der Waals surface area contributed by atoms with Gasteiger partial charge in [0.05, 0.1) is 5.56 Å². The third-order valence-corrected chi connectivity index (χ3v) is 3.16. The van der Waals surface area contributed by atoms with Gasteiger partial charge in [0.25, 0.3) is 5.91 Å². The number of carbonyl (C=O) groups excluding carboxylic acids is 2. The molecule has 3 N–H and O–H groups in total. The molecule has 6 heteroatoms. The number of rotatable bonds is 3. The molecule has 0 bridgehead atoms. The van der Waals surface area contributed by atoms with Gasteiger partial charge in [0.2, 0.25) is 5.91 Å². The second kappa shape index (κ2) is 6.47. The fourth-order valence-corrected chi connectivity index (χ4v) is 2.22. The number of hydrogen-bond acceptors (Lipinski definition) is 3. The standard InChI is InChI=1S/C14H18FN3O2/c1-9(19)17-10-4-5-13(15)12(7-10)14(20)18-11-3-2-6-16-8-11/h4-5,7,11,16H,2-3,6,8H2,1H3,(H,17,19)(H,18,20). The van der Waals surface area contributed by atoms with Gasteiger partial charge in [-0.1, -0.05) is 0 Å². The second-order valence-corrected chi connectivity index (χ2v) is 4.89. The largest absolute Gasteiger partial charge is 0.348 e. The van der Waals surface area contributed by atoms with Crippen LogP contribution in [0.2, 0.25) is 0 Å². The minimum atomic E-state index is -0.597. The number of halogens is 1. The zero-order valence-corrected chi connectivity index (χ0v) is 11.3. The number of nitrogens with one attached hydrogen (secondary N) is 3. The minimum absolute atomic E-state index is 0.0140. The summed E-state index contributed by atoms with van der Waals surface area (Å²) in [6.45, 7) is 2.99. The molecule has 1 fully saturated rings. The Labute approximate surface area is 116 Å². The molecule has 2 amide bonds. The summed E-state index contributed by atoms with van der Waals surface area (Å²) in [5.74, 6) is -1.32. The number of amides is 2. The van der Waals surface area contributed by atoms with E-state index >= 15 is 0 Å². The topological polar surface area (TPSA) is 70.2 Å². The molecule has 20 heavy (non-hydrogen) atoms. The lowest BCUT2D eigenvalue weighted by atomic mass is 10.1. The average Bonchev–Trinajstić information content (AvgIpc) is 2.41. The first kappa shape index (κ1) is 14.5. The maximum Gasteiger partial charge on any atom is 0.254 e. The summed E-state index contributed by atoms with van der Waals surface area (Å²) in [5.41, 5.74) is 0.354. The first-order chi connectivity index (χ1) is 9.56. The van der Waals surface area contributed by atoms with E-state index in [9.17, 15) is 14.0 Å². The molecule has 1 heterocycles. The Morgan fingerprint density at radius 2 is 2.20 bits per heavy atom. The summed E-state index contributed by atoms with van der Waals surface area (Å²) in [4.78, 5) is 23.1. The summed E-state index contributed by atoms with van der Waals surface area (Å²) < 4.78 is 13.7. The normalized spacial score (nSPS) is 18.4. The van der Waals surface area contributed by atoms with Gasteiger partial charge in [-0.15, -0.1) is 0 Å². The lowest BCUT2D eigenvalue weighted by Crippen LogP contribution is -2.45. The van der Waals surface area contributed by atoms with Crippen molar-refractivity contribution in [2.75, 3.05) is 18.4 Å². The monoisotopic (exact) mass is 279 g/mol. The van der Waals surface area contributed by atoms with E-state index in [4.69, 9.17) is 0 Å². The summed E-state index contributed by atoms with van der Waals surface area (Å²) in [7, 11) is 0. The van der Waals surface area contributed by atoms with Crippen LogP contribution < -0.4 is 16.0 Å². The van der Waals surface area contributed by atoms with Gasteiger partial charge < -0.3 is 16.0 Å². The van der Waals surface area contributed by atoms with Crippen molar-refractivity contribution in [2.24, 2.45) is 0 Å². The van der Waals surface area contributed by atoms with E-state index in [2.05, 4.69) is 16.0 Å². The third kappa shape index (κ3) is 3.77. The van der Waals surface area contributed by atoms with Gasteiger partial charge in [-0.3, -0.25) is 9.59 Å². The quantitative estimate of drug-likeness (QED) is 0.780. The highest BCUT2D eigenvalue weighted by Crippen LogP contribution is 2.15. The van der Waals surface area contributed by atoms with E-state index in [1.165, 1.54) is 25.1 Å². The Balaban J connectivity index is 2.09. The van der Waals surface area contributed by atoms with Gasteiger partial charge in [-0.25, -0.2) is 4.39 Å². The molecule has 0 radical (unpaired) electrons. The van der Waals surface area contributed by atoms with Crippen LogP contribution in [0.15, 0.2) is 18.2 Å². The highest BCUT2D eigenvalue weighted by atomic mass is 19.1. The Bertz CT molecular complexity index is 513. The van der Waals surface area contributed by atoms with Crippen LogP contribution in [-0.4, -0.2) is 30.9 Å². The van der Waals surface area contributed by atoms with Crippen molar-refractivity contribution in [1.82, 2.24) is 10.6 Å². The molecular formula is C14H18FN3O2. The van der Waals surface area contributed by atoms with Gasteiger partial charge >= 0.3 is 0 Å². The molecule has 0 saturated carbocycles. The fraction of sp³-hybridized carbons (Fsp3) is 0.429. The number of carbonyl (C=O) groups is 2. The van der Waals surface area contributed by atoms with Crippen LogP contribution in [0.3, 0.4) is 0 Å². The SMILES string of the molecule is CC(=O)Nc1ccc(F)c(C(=O)NC2CCCNC2)c1. The molecule has 1 aromatic rings. The van der Waals surface area contributed by atoms with Gasteiger partial charge in [0.1, 0.15) is 5.82 Å². The predicted molar refractivity (Wildman–Crippen MR) is 74.1 cm³/mol.